The minimum atomic E-state index is -5.08. The molecule has 1 spiro atoms. The molecule has 2 aliphatic rings. The molecule has 0 aliphatic carbocycles. The van der Waals surface area contributed by atoms with Gasteiger partial charge in [0.05, 0.1) is 11.3 Å². The van der Waals surface area contributed by atoms with Gasteiger partial charge in [-0.25, -0.2) is 9.59 Å². The third kappa shape index (κ3) is 10.1. The van der Waals surface area contributed by atoms with Crippen molar-refractivity contribution >= 4 is 17.8 Å². The molecule has 0 saturated carbocycles. The molecule has 0 radical (unpaired) electrons. The van der Waals surface area contributed by atoms with E-state index in [1.54, 1.807) is 12.4 Å². The highest BCUT2D eigenvalue weighted by Crippen LogP contribution is 2.41. The lowest BCUT2D eigenvalue weighted by Gasteiger charge is -2.39. The molecule has 15 heteroatoms. The molecule has 2 fully saturated rings. The number of rotatable bonds is 3. The predicted octanol–water partition coefficient (Wildman–Crippen LogP) is 3.87. The van der Waals surface area contributed by atoms with E-state index >= 15 is 0 Å². The summed E-state index contributed by atoms with van der Waals surface area (Å²) in [6.07, 6.45) is -1.51. The van der Waals surface area contributed by atoms with Gasteiger partial charge in [0.2, 0.25) is 0 Å². The number of likely N-dealkylation sites (tertiary alicyclic amines) is 2. The average molecular weight is 564 g/mol. The quantitative estimate of drug-likeness (QED) is 0.539. The van der Waals surface area contributed by atoms with Gasteiger partial charge < -0.3 is 15.1 Å². The monoisotopic (exact) mass is 564 g/mol. The minimum Gasteiger partial charge on any atom is -0.475 e. The molecule has 214 valence electrons. The molecular weight excluding hydrogens is 538 g/mol. The Kier molecular flexibility index (Phi) is 10.8. The number of carboxylic acid groups (broad SMARTS) is 2. The van der Waals surface area contributed by atoms with Crippen molar-refractivity contribution < 1.29 is 50.9 Å². The summed E-state index contributed by atoms with van der Waals surface area (Å²) in [5.74, 6) is -5.40. The van der Waals surface area contributed by atoms with Crippen molar-refractivity contribution in [2.45, 2.75) is 38.2 Å². The van der Waals surface area contributed by atoms with Crippen LogP contribution in [0.3, 0.4) is 0 Å². The molecule has 9 nitrogen and oxygen atoms in total. The summed E-state index contributed by atoms with van der Waals surface area (Å²) >= 11 is 0. The zero-order valence-corrected chi connectivity index (χ0v) is 20.5. The Bertz CT molecular complexity index is 1070. The normalized spacial score (nSPS) is 16.9. The standard InChI is InChI=1S/C20H24N4O.2C2HF3O2/c25-19(17-4-3-9-21-14-17)24-12-7-20(8-13-24)6-11-23(16-20)15-18-5-1-2-10-22-18;2*3-2(4,5)1(6)7/h1-5,9-10,14H,6-8,11-13,15-16H2;2*(H,6,7). The highest BCUT2D eigenvalue weighted by Gasteiger charge is 2.41. The average Bonchev–Trinajstić information content (AvgIpc) is 3.26. The fraction of sp³-hybridized carbons (Fsp3) is 0.458. The second-order valence-electron chi connectivity index (χ2n) is 8.92. The lowest BCUT2D eigenvalue weighted by molar-refractivity contribution is -0.193. The summed E-state index contributed by atoms with van der Waals surface area (Å²) in [4.78, 5) is 43.4. The number of hydrogen-bond donors (Lipinski definition) is 2. The van der Waals surface area contributed by atoms with E-state index in [1.807, 2.05) is 29.3 Å². The Morgan fingerprint density at radius 2 is 1.41 bits per heavy atom. The molecule has 4 rings (SSSR count). The maximum Gasteiger partial charge on any atom is 0.490 e. The van der Waals surface area contributed by atoms with Crippen LogP contribution in [0.1, 0.15) is 35.3 Å². The Morgan fingerprint density at radius 1 is 0.846 bits per heavy atom. The lowest BCUT2D eigenvalue weighted by Crippen LogP contribution is -2.44. The molecule has 2 saturated heterocycles. The number of pyridine rings is 2. The summed E-state index contributed by atoms with van der Waals surface area (Å²) < 4.78 is 63.5. The van der Waals surface area contributed by atoms with Crippen LogP contribution in [0.15, 0.2) is 48.9 Å². The van der Waals surface area contributed by atoms with Crippen LogP contribution in [0.25, 0.3) is 0 Å². The number of aromatic nitrogens is 2. The molecule has 0 unspecified atom stereocenters. The van der Waals surface area contributed by atoms with Gasteiger partial charge in [0.1, 0.15) is 0 Å². The van der Waals surface area contributed by atoms with Crippen molar-refractivity contribution in [1.82, 2.24) is 19.8 Å². The van der Waals surface area contributed by atoms with E-state index in [-0.39, 0.29) is 5.91 Å². The van der Waals surface area contributed by atoms with Crippen molar-refractivity contribution in [2.75, 3.05) is 26.2 Å². The first kappa shape index (κ1) is 31.5. The highest BCUT2D eigenvalue weighted by atomic mass is 19.4. The number of halogens is 6. The SMILES string of the molecule is O=C(O)C(F)(F)F.O=C(O)C(F)(F)F.O=C(c1cccnc1)N1CCC2(CCN(Cc3ccccn3)C2)CC1. The van der Waals surface area contributed by atoms with Gasteiger partial charge in [0, 0.05) is 44.8 Å². The second kappa shape index (κ2) is 13.4. The summed E-state index contributed by atoms with van der Waals surface area (Å²) in [7, 11) is 0. The van der Waals surface area contributed by atoms with Gasteiger partial charge in [-0.15, -0.1) is 0 Å². The van der Waals surface area contributed by atoms with Crippen molar-refractivity contribution in [1.29, 1.82) is 0 Å². The number of carboxylic acids is 2. The van der Waals surface area contributed by atoms with Crippen LogP contribution in [0.4, 0.5) is 26.3 Å². The van der Waals surface area contributed by atoms with E-state index in [9.17, 15) is 31.1 Å². The molecule has 4 heterocycles. The summed E-state index contributed by atoms with van der Waals surface area (Å²) in [5.41, 5.74) is 2.21. The molecule has 2 aliphatic heterocycles. The van der Waals surface area contributed by atoms with Crippen molar-refractivity contribution in [3.8, 4) is 0 Å². The van der Waals surface area contributed by atoms with Gasteiger partial charge in [0.15, 0.2) is 0 Å². The largest absolute Gasteiger partial charge is 0.490 e. The Balaban J connectivity index is 0.000000317. The van der Waals surface area contributed by atoms with E-state index in [1.165, 1.54) is 6.42 Å². The van der Waals surface area contributed by atoms with Gasteiger partial charge in [-0.05, 0) is 55.5 Å². The highest BCUT2D eigenvalue weighted by molar-refractivity contribution is 5.93. The van der Waals surface area contributed by atoms with E-state index in [4.69, 9.17) is 19.8 Å². The third-order valence-electron chi connectivity index (χ3n) is 6.13. The maximum absolute atomic E-state index is 12.6. The Labute approximate surface area is 219 Å². The first-order chi connectivity index (χ1) is 18.1. The first-order valence-electron chi connectivity index (χ1n) is 11.5. The van der Waals surface area contributed by atoms with Gasteiger partial charge >= 0.3 is 24.3 Å². The molecule has 2 N–H and O–H groups in total. The van der Waals surface area contributed by atoms with Crippen LogP contribution in [0, 0.1) is 5.41 Å². The summed E-state index contributed by atoms with van der Waals surface area (Å²) in [6.45, 7) is 4.89. The fourth-order valence-corrected chi connectivity index (χ4v) is 4.15. The van der Waals surface area contributed by atoms with Crippen LogP contribution in [0.2, 0.25) is 0 Å². The van der Waals surface area contributed by atoms with Gasteiger partial charge in [-0.1, -0.05) is 6.07 Å². The summed E-state index contributed by atoms with van der Waals surface area (Å²) in [5, 5.41) is 14.2. The summed E-state index contributed by atoms with van der Waals surface area (Å²) in [6, 6.07) is 9.79. The van der Waals surface area contributed by atoms with Crippen LogP contribution in [-0.2, 0) is 16.1 Å². The zero-order valence-electron chi connectivity index (χ0n) is 20.5. The molecule has 2 aromatic heterocycles. The van der Waals surface area contributed by atoms with Crippen LogP contribution in [0.5, 0.6) is 0 Å². The van der Waals surface area contributed by atoms with Crippen molar-refractivity contribution in [3.05, 3.63) is 60.2 Å². The van der Waals surface area contributed by atoms with Crippen LogP contribution in [-0.4, -0.2) is 86.4 Å². The van der Waals surface area contributed by atoms with Crippen molar-refractivity contribution in [2.24, 2.45) is 5.41 Å². The lowest BCUT2D eigenvalue weighted by atomic mass is 9.77. The molecule has 0 aromatic carbocycles. The third-order valence-corrected chi connectivity index (χ3v) is 6.13. The number of carbonyl (C=O) groups is 3. The number of alkyl halides is 6. The molecular formula is C24H26F6N4O5. The fourth-order valence-electron chi connectivity index (χ4n) is 4.15. The van der Waals surface area contributed by atoms with Crippen molar-refractivity contribution in [3.63, 3.8) is 0 Å². The zero-order chi connectivity index (χ0) is 29.3. The van der Waals surface area contributed by atoms with E-state index in [0.717, 1.165) is 51.3 Å². The van der Waals surface area contributed by atoms with Crippen LogP contribution < -0.4 is 0 Å². The van der Waals surface area contributed by atoms with Gasteiger partial charge in [0.25, 0.3) is 5.91 Å². The number of hydrogen-bond acceptors (Lipinski definition) is 6. The Morgan fingerprint density at radius 3 is 1.87 bits per heavy atom. The van der Waals surface area contributed by atoms with E-state index < -0.39 is 24.3 Å². The van der Waals surface area contributed by atoms with E-state index in [2.05, 4.69) is 27.0 Å². The Hall–Kier alpha value is -3.75. The second-order valence-corrected chi connectivity index (χ2v) is 8.92. The van der Waals surface area contributed by atoms with E-state index in [0.29, 0.717) is 11.0 Å². The number of amides is 1. The molecule has 2 aromatic rings. The molecule has 1 amide bonds. The number of piperidine rings is 1. The number of aliphatic carboxylic acids is 2. The number of carbonyl (C=O) groups excluding carboxylic acids is 1. The topological polar surface area (TPSA) is 124 Å². The van der Waals surface area contributed by atoms with Gasteiger partial charge in [-0.2, -0.15) is 26.3 Å². The molecule has 39 heavy (non-hydrogen) atoms. The number of nitrogens with zero attached hydrogens (tertiary/aromatic N) is 4. The maximum atomic E-state index is 12.6. The first-order valence-corrected chi connectivity index (χ1v) is 11.5. The molecule has 0 atom stereocenters. The molecule has 0 bridgehead atoms. The predicted molar refractivity (Wildman–Crippen MR) is 123 cm³/mol. The van der Waals surface area contributed by atoms with Gasteiger partial charge in [-0.3, -0.25) is 19.7 Å². The van der Waals surface area contributed by atoms with Crippen LogP contribution >= 0.6 is 0 Å². The minimum absolute atomic E-state index is 0.117. The smallest absolute Gasteiger partial charge is 0.475 e.